The van der Waals surface area contributed by atoms with Crippen LogP contribution in [0.25, 0.3) is 5.69 Å². The van der Waals surface area contributed by atoms with E-state index in [0.29, 0.717) is 10.7 Å². The van der Waals surface area contributed by atoms with Gasteiger partial charge in [0.15, 0.2) is 0 Å². The van der Waals surface area contributed by atoms with Gasteiger partial charge in [0.2, 0.25) is 5.91 Å². The number of nitrogens with one attached hydrogen (secondary N) is 1. The Hall–Kier alpha value is -2.71. The minimum atomic E-state index is -0.180. The second-order valence-corrected chi connectivity index (χ2v) is 6.76. The summed E-state index contributed by atoms with van der Waals surface area (Å²) in [5, 5.41) is 15.9. The second-order valence-electron chi connectivity index (χ2n) is 5.28. The molecule has 0 saturated heterocycles. The molecule has 7 nitrogen and oxygen atoms in total. The summed E-state index contributed by atoms with van der Waals surface area (Å²) in [4.78, 5) is 12.9. The summed E-state index contributed by atoms with van der Waals surface area (Å²) in [6, 6.07) is 14.9. The molecule has 132 valence electrons. The molecule has 1 aromatic heterocycles. The van der Waals surface area contributed by atoms with Gasteiger partial charge in [-0.2, -0.15) is 5.10 Å². The van der Waals surface area contributed by atoms with Gasteiger partial charge >= 0.3 is 0 Å². The van der Waals surface area contributed by atoms with Crippen LogP contribution in [0.4, 0.5) is 0 Å². The minimum Gasteiger partial charge on any atom is -0.272 e. The zero-order valence-electron chi connectivity index (χ0n) is 13.8. The van der Waals surface area contributed by atoms with Gasteiger partial charge in [-0.15, -0.1) is 16.9 Å². The average molecular weight is 387 g/mol. The van der Waals surface area contributed by atoms with Crippen molar-refractivity contribution in [2.45, 2.75) is 11.8 Å². The molecule has 0 aliphatic carbocycles. The molecule has 0 radical (unpaired) electrons. The molecule has 3 rings (SSSR count). The van der Waals surface area contributed by atoms with Gasteiger partial charge in [-0.05, 0) is 59.3 Å². The number of hydrazone groups is 1. The highest BCUT2D eigenvalue weighted by Crippen LogP contribution is 2.19. The molecule has 0 aliphatic heterocycles. The van der Waals surface area contributed by atoms with Crippen molar-refractivity contribution in [3.05, 3.63) is 65.4 Å². The van der Waals surface area contributed by atoms with E-state index < -0.39 is 0 Å². The molecule has 26 heavy (non-hydrogen) atoms. The maximum atomic E-state index is 12.0. The number of aromatic nitrogens is 4. The van der Waals surface area contributed by atoms with E-state index in [4.69, 9.17) is 11.6 Å². The average Bonchev–Trinajstić information content (AvgIpc) is 3.20. The van der Waals surface area contributed by atoms with Crippen LogP contribution in [-0.2, 0) is 4.79 Å². The molecule has 0 bridgehead atoms. The molecule has 0 saturated carbocycles. The zero-order valence-corrected chi connectivity index (χ0v) is 15.4. The van der Waals surface area contributed by atoms with Gasteiger partial charge in [0, 0.05) is 9.92 Å². The topological polar surface area (TPSA) is 85.1 Å². The van der Waals surface area contributed by atoms with Crippen molar-refractivity contribution in [1.29, 1.82) is 0 Å². The Morgan fingerprint density at radius 2 is 2.08 bits per heavy atom. The number of rotatable bonds is 6. The van der Waals surface area contributed by atoms with E-state index in [1.807, 2.05) is 43.3 Å². The lowest BCUT2D eigenvalue weighted by molar-refractivity contribution is -0.118. The van der Waals surface area contributed by atoms with Crippen molar-refractivity contribution in [1.82, 2.24) is 25.6 Å². The van der Waals surface area contributed by atoms with E-state index in [9.17, 15) is 4.79 Å². The van der Waals surface area contributed by atoms with Gasteiger partial charge in [0.25, 0.3) is 0 Å². The van der Waals surface area contributed by atoms with E-state index in [1.165, 1.54) is 18.1 Å². The van der Waals surface area contributed by atoms with Crippen molar-refractivity contribution in [3.63, 3.8) is 0 Å². The highest BCUT2D eigenvalue weighted by Gasteiger charge is 2.05. The summed E-state index contributed by atoms with van der Waals surface area (Å²) >= 11 is 7.26. The van der Waals surface area contributed by atoms with Gasteiger partial charge in [-0.3, -0.25) is 4.79 Å². The molecule has 1 amide bonds. The van der Waals surface area contributed by atoms with E-state index in [2.05, 4.69) is 26.1 Å². The van der Waals surface area contributed by atoms with E-state index >= 15 is 0 Å². The normalized spacial score (nSPS) is 11.4. The Labute approximate surface area is 159 Å². The van der Waals surface area contributed by atoms with Crippen molar-refractivity contribution in [2.75, 3.05) is 5.75 Å². The Morgan fingerprint density at radius 3 is 2.81 bits per heavy atom. The number of hydrogen-bond acceptors (Lipinski definition) is 6. The van der Waals surface area contributed by atoms with Gasteiger partial charge in [-0.25, -0.2) is 10.1 Å². The second kappa shape index (κ2) is 8.59. The molecular formula is C17H15ClN6OS. The third-order valence-corrected chi connectivity index (χ3v) is 4.67. The number of hydrogen-bond donors (Lipinski definition) is 1. The van der Waals surface area contributed by atoms with Crippen LogP contribution in [0.15, 0.2) is 64.9 Å². The molecule has 9 heteroatoms. The van der Waals surface area contributed by atoms with Crippen LogP contribution in [0.3, 0.4) is 0 Å². The number of thioether (sulfide) groups is 1. The van der Waals surface area contributed by atoms with Crippen molar-refractivity contribution < 1.29 is 4.79 Å². The van der Waals surface area contributed by atoms with Crippen molar-refractivity contribution in [2.24, 2.45) is 5.10 Å². The minimum absolute atomic E-state index is 0.180. The number of amides is 1. The highest BCUT2D eigenvalue weighted by atomic mass is 35.5. The molecular weight excluding hydrogens is 372 g/mol. The monoisotopic (exact) mass is 386 g/mol. The summed E-state index contributed by atoms with van der Waals surface area (Å²) in [6.07, 6.45) is 1.52. The van der Waals surface area contributed by atoms with E-state index in [1.54, 1.807) is 16.8 Å². The zero-order chi connectivity index (χ0) is 18.4. The summed E-state index contributed by atoms with van der Waals surface area (Å²) in [7, 11) is 0. The first-order chi connectivity index (χ1) is 12.6. The van der Waals surface area contributed by atoms with Gasteiger partial charge in [0.1, 0.15) is 6.33 Å². The standard InChI is InChI=1S/C17H15ClN6OS/c1-12(13-3-2-4-15(9-13)24-11-19-22-23-24)20-21-17(25)10-26-16-7-5-14(18)6-8-16/h2-9,11H,10H2,1H3,(H,21,25)/b20-12+. The summed E-state index contributed by atoms with van der Waals surface area (Å²) in [6.45, 7) is 1.82. The molecule has 0 unspecified atom stereocenters. The fourth-order valence-electron chi connectivity index (χ4n) is 2.08. The molecule has 1 N–H and O–H groups in total. The van der Waals surface area contributed by atoms with Crippen LogP contribution in [0.5, 0.6) is 0 Å². The lowest BCUT2D eigenvalue weighted by Gasteiger charge is -2.05. The van der Waals surface area contributed by atoms with Crippen LogP contribution in [0.2, 0.25) is 5.02 Å². The number of halogens is 1. The first-order valence-electron chi connectivity index (χ1n) is 7.67. The van der Waals surface area contributed by atoms with Gasteiger partial charge < -0.3 is 0 Å². The van der Waals surface area contributed by atoms with Crippen LogP contribution in [0.1, 0.15) is 12.5 Å². The summed E-state index contributed by atoms with van der Waals surface area (Å²) in [5.41, 5.74) is 4.93. The number of carbonyl (C=O) groups excluding carboxylic acids is 1. The number of nitrogens with zero attached hydrogens (tertiary/aromatic N) is 5. The molecule has 0 atom stereocenters. The maximum Gasteiger partial charge on any atom is 0.250 e. The predicted octanol–water partition coefficient (Wildman–Crippen LogP) is 2.95. The SMILES string of the molecule is C/C(=N\NC(=O)CSc1ccc(Cl)cc1)c1cccc(-n2cnnn2)c1. The molecule has 1 heterocycles. The first-order valence-corrected chi connectivity index (χ1v) is 9.03. The Bertz CT molecular complexity index is 911. The Kier molecular flexibility index (Phi) is 5.98. The highest BCUT2D eigenvalue weighted by molar-refractivity contribution is 8.00. The van der Waals surface area contributed by atoms with Crippen molar-refractivity contribution >= 4 is 35.0 Å². The third kappa shape index (κ3) is 4.90. The smallest absolute Gasteiger partial charge is 0.250 e. The number of tetrazole rings is 1. The van der Waals surface area contributed by atoms with Crippen molar-refractivity contribution in [3.8, 4) is 5.69 Å². The fourth-order valence-corrected chi connectivity index (χ4v) is 2.89. The van der Waals surface area contributed by atoms with Gasteiger partial charge in [-0.1, -0.05) is 23.7 Å². The fraction of sp³-hybridized carbons (Fsp3) is 0.118. The Balaban J connectivity index is 1.58. The first kappa shape index (κ1) is 18.1. The lowest BCUT2D eigenvalue weighted by atomic mass is 10.1. The van der Waals surface area contributed by atoms with Crippen LogP contribution in [0, 0.1) is 0 Å². The number of carbonyl (C=O) groups is 1. The largest absolute Gasteiger partial charge is 0.272 e. The summed E-state index contributed by atoms with van der Waals surface area (Å²) in [5.74, 6) is 0.0872. The van der Waals surface area contributed by atoms with Crippen LogP contribution < -0.4 is 5.43 Å². The number of benzene rings is 2. The quantitative estimate of drug-likeness (QED) is 0.400. The van der Waals surface area contributed by atoms with Crippen LogP contribution >= 0.6 is 23.4 Å². The van der Waals surface area contributed by atoms with Crippen LogP contribution in [-0.4, -0.2) is 37.6 Å². The molecule has 0 aliphatic rings. The van der Waals surface area contributed by atoms with Gasteiger partial charge in [0.05, 0.1) is 17.2 Å². The van der Waals surface area contributed by atoms with E-state index in [-0.39, 0.29) is 11.7 Å². The molecule has 0 fully saturated rings. The predicted molar refractivity (Wildman–Crippen MR) is 102 cm³/mol. The molecule has 2 aromatic carbocycles. The van der Waals surface area contributed by atoms with E-state index in [0.717, 1.165) is 16.1 Å². The molecule has 3 aromatic rings. The lowest BCUT2D eigenvalue weighted by Crippen LogP contribution is -2.21. The maximum absolute atomic E-state index is 12.0. The summed E-state index contributed by atoms with van der Waals surface area (Å²) < 4.78 is 1.55. The molecule has 0 spiro atoms. The third-order valence-electron chi connectivity index (χ3n) is 3.41. The Morgan fingerprint density at radius 1 is 1.27 bits per heavy atom.